The lowest BCUT2D eigenvalue weighted by Gasteiger charge is -2.03. The van der Waals surface area contributed by atoms with Crippen molar-refractivity contribution in [1.29, 1.82) is 0 Å². The first-order valence-corrected chi connectivity index (χ1v) is 1.88. The Morgan fingerprint density at radius 3 is 2.33 bits per heavy atom. The van der Waals surface area contributed by atoms with Crippen molar-refractivity contribution in [3.63, 3.8) is 0 Å². The Bertz CT molecular complexity index is 49.0. The van der Waals surface area contributed by atoms with Crippen LogP contribution in [0.5, 0.6) is 0 Å². The van der Waals surface area contributed by atoms with E-state index in [0.29, 0.717) is 0 Å². The van der Waals surface area contributed by atoms with Crippen LogP contribution in [0.15, 0.2) is 0 Å². The van der Waals surface area contributed by atoms with Gasteiger partial charge in [-0.3, -0.25) is 0 Å². The summed E-state index contributed by atoms with van der Waals surface area (Å²) in [5.41, 5.74) is 0. The van der Waals surface area contributed by atoms with Crippen LogP contribution in [0, 0.1) is 0 Å². The molecule has 0 heterocycles. The van der Waals surface area contributed by atoms with Gasteiger partial charge in [-0.05, 0) is 14.1 Å². The molecule has 0 aliphatic carbocycles. The third-order valence-corrected chi connectivity index (χ3v) is 0.447. The maximum Gasteiger partial charge on any atom is 0.0558 e. The largest absolute Gasteiger partial charge is 0.395 e. The van der Waals surface area contributed by atoms with Crippen LogP contribution in [0.4, 0.5) is 0 Å². The van der Waals surface area contributed by atoms with E-state index in [-0.39, 0.29) is 6.61 Å². The minimum absolute atomic E-state index is 0.0903. The van der Waals surface area contributed by atoms with Crippen molar-refractivity contribution in [2.75, 3.05) is 27.2 Å². The number of nitrogens with zero attached hydrogens (tertiary/aromatic N) is 1. The fourth-order valence-corrected chi connectivity index (χ4v) is 0.163. The second-order valence-electron chi connectivity index (χ2n) is 1.33. The van der Waals surface area contributed by atoms with Gasteiger partial charge in [0.15, 0.2) is 0 Å². The molecule has 0 spiro atoms. The van der Waals surface area contributed by atoms with E-state index in [1.54, 1.807) is 19.0 Å². The lowest BCUT2D eigenvalue weighted by Crippen LogP contribution is -2.15. The summed E-state index contributed by atoms with van der Waals surface area (Å²) < 4.78 is 6.95. The molecule has 1 unspecified atom stereocenters. The van der Waals surface area contributed by atoms with Crippen LogP contribution in [0.3, 0.4) is 0 Å². The summed E-state index contributed by atoms with van der Waals surface area (Å²) in [5, 5.41) is 8.28. The smallest absolute Gasteiger partial charge is 0.0558 e. The zero-order valence-corrected chi connectivity index (χ0v) is 4.18. The highest BCUT2D eigenvalue weighted by atomic mass is 16.3. The molecule has 0 aliphatic rings. The van der Waals surface area contributed by atoms with Gasteiger partial charge in [0.05, 0.1) is 6.61 Å². The van der Waals surface area contributed by atoms with Gasteiger partial charge in [-0.15, -0.1) is 0 Å². The molecule has 0 aromatic heterocycles. The first kappa shape index (κ1) is 4.09. The summed E-state index contributed by atoms with van der Waals surface area (Å²) in [7, 11) is 3.52. The molecule has 0 aliphatic heterocycles. The highest BCUT2D eigenvalue weighted by Crippen LogP contribution is 1.66. The van der Waals surface area contributed by atoms with Crippen LogP contribution in [0.1, 0.15) is 1.37 Å². The molecule has 2 nitrogen and oxygen atoms in total. The van der Waals surface area contributed by atoms with E-state index in [4.69, 9.17) is 6.48 Å². The van der Waals surface area contributed by atoms with Gasteiger partial charge in [-0.1, -0.05) is 0 Å². The molecule has 0 aromatic rings. The van der Waals surface area contributed by atoms with Crippen LogP contribution in [0.25, 0.3) is 0 Å². The quantitative estimate of drug-likeness (QED) is 0.497. The highest BCUT2D eigenvalue weighted by molar-refractivity contribution is 4.34. The fraction of sp³-hybridized carbons (Fsp3) is 1.00. The third kappa shape index (κ3) is 3.92. The second kappa shape index (κ2) is 3.12. The minimum Gasteiger partial charge on any atom is -0.395 e. The third-order valence-electron chi connectivity index (χ3n) is 0.447. The Balaban J connectivity index is 3.14. The fourth-order valence-electron chi connectivity index (χ4n) is 0.163. The lowest BCUT2D eigenvalue weighted by atomic mass is 10.6. The Hall–Kier alpha value is -0.0800. The average Bonchev–Trinajstić information content (AvgIpc) is 1.65. The van der Waals surface area contributed by atoms with Crippen molar-refractivity contribution in [2.45, 2.75) is 0 Å². The van der Waals surface area contributed by atoms with Gasteiger partial charge in [-0.25, -0.2) is 0 Å². The molecule has 0 bridgehead atoms. The van der Waals surface area contributed by atoms with E-state index in [0.717, 1.165) is 0 Å². The standard InChI is InChI=1S/C4H11NO/c1-5(2)3-4-6/h6H,3-4H2,1-2H3/i3T. The molecule has 1 N–H and O–H groups in total. The van der Waals surface area contributed by atoms with E-state index in [1.807, 2.05) is 0 Å². The molecule has 0 radical (unpaired) electrons. The van der Waals surface area contributed by atoms with Crippen molar-refractivity contribution < 1.29 is 6.48 Å². The van der Waals surface area contributed by atoms with E-state index in [1.165, 1.54) is 0 Å². The van der Waals surface area contributed by atoms with Gasteiger partial charge in [0.2, 0.25) is 0 Å². The molecule has 38 valence electrons. The summed E-state index contributed by atoms with van der Waals surface area (Å²) >= 11 is 0. The summed E-state index contributed by atoms with van der Waals surface area (Å²) in [5.74, 6) is 0. The van der Waals surface area contributed by atoms with Crippen molar-refractivity contribution in [1.82, 2.24) is 4.90 Å². The van der Waals surface area contributed by atoms with Crippen molar-refractivity contribution in [3.05, 3.63) is 0 Å². The van der Waals surface area contributed by atoms with Crippen LogP contribution in [0.2, 0.25) is 0 Å². The average molecular weight is 91.1 g/mol. The SMILES string of the molecule is [3H]C(CO)N(C)C. The topological polar surface area (TPSA) is 23.5 Å². The molecular weight excluding hydrogens is 78.0 g/mol. The van der Waals surface area contributed by atoms with Gasteiger partial charge in [0.25, 0.3) is 0 Å². The highest BCUT2D eigenvalue weighted by Gasteiger charge is 1.80. The zero-order valence-electron chi connectivity index (χ0n) is 5.18. The van der Waals surface area contributed by atoms with Gasteiger partial charge >= 0.3 is 0 Å². The predicted octanol–water partition coefficient (Wildman–Crippen LogP) is -0.460. The maximum absolute atomic E-state index is 8.28. The number of likely N-dealkylation sites (N-methyl/N-ethyl adjacent to an activating group) is 1. The van der Waals surface area contributed by atoms with Crippen LogP contribution in [-0.2, 0) is 0 Å². The van der Waals surface area contributed by atoms with E-state index in [2.05, 4.69) is 0 Å². The second-order valence-corrected chi connectivity index (χ2v) is 1.33. The molecule has 2 heteroatoms. The number of aliphatic hydroxyl groups is 1. The summed E-state index contributed by atoms with van der Waals surface area (Å²) in [4.78, 5) is 1.64. The molecule has 0 fully saturated rings. The van der Waals surface area contributed by atoms with E-state index >= 15 is 0 Å². The first-order valence-electron chi connectivity index (χ1n) is 2.45. The molecule has 0 saturated heterocycles. The number of aliphatic hydroxyl groups excluding tert-OH is 1. The number of hydrogen-bond donors (Lipinski definition) is 1. The molecule has 0 saturated carbocycles. The minimum atomic E-state index is -0.458. The van der Waals surface area contributed by atoms with E-state index < -0.39 is 6.52 Å². The summed E-state index contributed by atoms with van der Waals surface area (Å²) in [6, 6.07) is 0. The Kier molecular flexibility index (Phi) is 2.13. The zero-order chi connectivity index (χ0) is 5.86. The molecule has 6 heavy (non-hydrogen) atoms. The lowest BCUT2D eigenvalue weighted by molar-refractivity contribution is 0.243. The van der Waals surface area contributed by atoms with Crippen LogP contribution < -0.4 is 0 Å². The molecular formula is C4H11NO. The van der Waals surface area contributed by atoms with Gasteiger partial charge < -0.3 is 10.0 Å². The van der Waals surface area contributed by atoms with Crippen molar-refractivity contribution >= 4 is 0 Å². The van der Waals surface area contributed by atoms with Crippen LogP contribution in [-0.4, -0.2) is 37.2 Å². The maximum atomic E-state index is 8.28. The molecule has 0 aromatic carbocycles. The van der Waals surface area contributed by atoms with Gasteiger partial charge in [0.1, 0.15) is 0 Å². The molecule has 0 amide bonds. The number of hydrogen-bond acceptors (Lipinski definition) is 2. The molecule has 0 rings (SSSR count). The normalized spacial score (nSPS) is 17.7. The van der Waals surface area contributed by atoms with Crippen molar-refractivity contribution in [2.24, 2.45) is 0 Å². The Labute approximate surface area is 39.8 Å². The van der Waals surface area contributed by atoms with Crippen LogP contribution >= 0.6 is 0 Å². The summed E-state index contributed by atoms with van der Waals surface area (Å²) in [6.07, 6.45) is 0. The Morgan fingerprint density at radius 2 is 2.33 bits per heavy atom. The van der Waals surface area contributed by atoms with Crippen molar-refractivity contribution in [3.8, 4) is 0 Å². The summed E-state index contributed by atoms with van der Waals surface area (Å²) in [6.45, 7) is -0.549. The van der Waals surface area contributed by atoms with Gasteiger partial charge in [0, 0.05) is 7.89 Å². The first-order chi connectivity index (χ1) is 3.18. The van der Waals surface area contributed by atoms with Gasteiger partial charge in [-0.2, -0.15) is 0 Å². The Morgan fingerprint density at radius 1 is 1.83 bits per heavy atom. The van der Waals surface area contributed by atoms with E-state index in [9.17, 15) is 0 Å². The monoisotopic (exact) mass is 91.1 g/mol. The number of rotatable bonds is 2. The molecule has 1 atom stereocenters. The predicted molar refractivity (Wildman–Crippen MR) is 25.6 cm³/mol.